The Morgan fingerprint density at radius 3 is 2.26 bits per heavy atom. The summed E-state index contributed by atoms with van der Waals surface area (Å²) in [7, 11) is -0.435. The predicted molar refractivity (Wildman–Crippen MR) is 74.0 cm³/mol. The summed E-state index contributed by atoms with van der Waals surface area (Å²) >= 11 is 0. The fourth-order valence-electron chi connectivity index (χ4n) is 1.88. The lowest BCUT2D eigenvalue weighted by Gasteiger charge is -2.32. The lowest BCUT2D eigenvalue weighted by Crippen LogP contribution is -2.41. The van der Waals surface area contributed by atoms with E-state index in [0.29, 0.717) is 11.4 Å². The van der Waals surface area contributed by atoms with Crippen molar-refractivity contribution < 1.29 is 13.7 Å². The van der Waals surface area contributed by atoms with Crippen molar-refractivity contribution in [3.63, 3.8) is 0 Å². The summed E-state index contributed by atoms with van der Waals surface area (Å²) in [5, 5.41) is 0. The van der Waals surface area contributed by atoms with Crippen LogP contribution in [0.15, 0.2) is 18.1 Å². The first-order valence-electron chi connectivity index (χ1n) is 6.38. The van der Waals surface area contributed by atoms with Crippen LogP contribution in [0.1, 0.15) is 39.1 Å². The second-order valence-corrected chi connectivity index (χ2v) is 5.84. The Morgan fingerprint density at radius 2 is 1.74 bits per heavy atom. The van der Waals surface area contributed by atoms with Crippen molar-refractivity contribution in [2.75, 3.05) is 0 Å². The minimum absolute atomic E-state index is 0.291. The first-order valence-corrected chi connectivity index (χ1v) is 6.38. The van der Waals surface area contributed by atoms with E-state index in [-0.39, 0.29) is 17.0 Å². The fraction of sp³-hybridized carbons (Fsp3) is 0.500. The van der Waals surface area contributed by atoms with Gasteiger partial charge in [-0.2, -0.15) is 0 Å². The average molecular weight is 263 g/mol. The third-order valence-corrected chi connectivity index (χ3v) is 3.63. The van der Waals surface area contributed by atoms with Crippen molar-refractivity contribution >= 4 is 13.2 Å². The van der Waals surface area contributed by atoms with Gasteiger partial charge in [-0.3, -0.25) is 4.98 Å². The molecule has 0 amide bonds. The summed E-state index contributed by atoms with van der Waals surface area (Å²) in [6, 6.07) is 2.78. The number of hydrogen-bond acceptors (Lipinski definition) is 3. The number of hydrogen-bond donors (Lipinski definition) is 0. The van der Waals surface area contributed by atoms with Gasteiger partial charge in [0, 0.05) is 5.69 Å². The molecule has 2 rings (SSSR count). The molecule has 2 heterocycles. The van der Waals surface area contributed by atoms with Crippen molar-refractivity contribution in [2.45, 2.75) is 45.8 Å². The lowest BCUT2D eigenvalue weighted by atomic mass is 9.89. The molecule has 102 valence electrons. The van der Waals surface area contributed by atoms with Gasteiger partial charge in [0.2, 0.25) is 0 Å². The largest absolute Gasteiger partial charge is 0.487 e. The zero-order chi connectivity index (χ0) is 14.3. The van der Waals surface area contributed by atoms with E-state index >= 15 is 0 Å². The normalized spacial score (nSPS) is 21.3. The standard InChI is InChI=1S/C14H19BFNO2/c1-10-8-11(16)9-12(17-10)6-7-15-18-13(2,3)14(4,5)19-15/h6-9H,1-5H3/b7-6+. The van der Waals surface area contributed by atoms with Crippen LogP contribution in [0, 0.1) is 12.7 Å². The summed E-state index contributed by atoms with van der Waals surface area (Å²) < 4.78 is 24.9. The predicted octanol–water partition coefficient (Wildman–Crippen LogP) is 3.17. The number of rotatable bonds is 2. The third kappa shape index (κ3) is 3.04. The first kappa shape index (κ1) is 14.2. The second kappa shape index (κ2) is 4.73. The van der Waals surface area contributed by atoms with E-state index < -0.39 is 7.12 Å². The van der Waals surface area contributed by atoms with Crippen LogP contribution in [-0.2, 0) is 9.31 Å². The highest BCUT2D eigenvalue weighted by atomic mass is 19.1. The number of pyridine rings is 1. The molecular formula is C14H19BFNO2. The molecule has 1 aliphatic rings. The van der Waals surface area contributed by atoms with Crippen LogP contribution in [0.2, 0.25) is 0 Å². The van der Waals surface area contributed by atoms with E-state index in [0.717, 1.165) is 0 Å². The highest BCUT2D eigenvalue weighted by molar-refractivity contribution is 6.52. The molecule has 19 heavy (non-hydrogen) atoms. The van der Waals surface area contributed by atoms with Gasteiger partial charge in [-0.05, 0) is 52.8 Å². The Kier molecular flexibility index (Phi) is 3.54. The molecular weight excluding hydrogens is 244 g/mol. The Bertz CT molecular complexity index is 478. The number of aromatic nitrogens is 1. The molecule has 1 saturated heterocycles. The van der Waals surface area contributed by atoms with E-state index in [1.807, 2.05) is 27.7 Å². The van der Waals surface area contributed by atoms with Gasteiger partial charge in [0.25, 0.3) is 0 Å². The maximum atomic E-state index is 13.2. The van der Waals surface area contributed by atoms with Crippen molar-refractivity contribution in [3.8, 4) is 0 Å². The molecule has 0 radical (unpaired) electrons. The third-order valence-electron chi connectivity index (χ3n) is 3.63. The van der Waals surface area contributed by atoms with Gasteiger partial charge >= 0.3 is 7.12 Å². The summed E-state index contributed by atoms with van der Waals surface area (Å²) in [6.07, 6.45) is 1.72. The van der Waals surface area contributed by atoms with E-state index in [4.69, 9.17) is 9.31 Å². The quantitative estimate of drug-likeness (QED) is 0.768. The topological polar surface area (TPSA) is 31.4 Å². The minimum atomic E-state index is -0.435. The highest BCUT2D eigenvalue weighted by Gasteiger charge is 2.49. The van der Waals surface area contributed by atoms with Crippen molar-refractivity contribution in [2.24, 2.45) is 0 Å². The van der Waals surface area contributed by atoms with Gasteiger partial charge < -0.3 is 9.31 Å². The lowest BCUT2D eigenvalue weighted by molar-refractivity contribution is 0.00578. The SMILES string of the molecule is Cc1cc(F)cc(/C=C/B2OC(C)(C)C(C)(C)O2)n1. The Balaban J connectivity index is 2.12. The smallest absolute Gasteiger partial charge is 0.400 e. The van der Waals surface area contributed by atoms with Crippen LogP contribution < -0.4 is 0 Å². The molecule has 3 nitrogen and oxygen atoms in total. The molecule has 1 aromatic rings. The Hall–Kier alpha value is -1.20. The molecule has 5 heteroatoms. The van der Waals surface area contributed by atoms with Gasteiger partial charge in [-0.15, -0.1) is 0 Å². The molecule has 0 N–H and O–H groups in total. The molecule has 0 aromatic carbocycles. The van der Waals surface area contributed by atoms with Crippen LogP contribution in [0.25, 0.3) is 6.08 Å². The second-order valence-electron chi connectivity index (χ2n) is 5.84. The van der Waals surface area contributed by atoms with E-state index in [1.54, 1.807) is 19.0 Å². The summed E-state index contributed by atoms with van der Waals surface area (Å²) in [5.74, 6) is 1.47. The molecule has 1 aliphatic heterocycles. The summed E-state index contributed by atoms with van der Waals surface area (Å²) in [6.45, 7) is 9.73. The zero-order valence-corrected chi connectivity index (χ0v) is 12.0. The minimum Gasteiger partial charge on any atom is -0.400 e. The number of halogens is 1. The van der Waals surface area contributed by atoms with Crippen molar-refractivity contribution in [1.82, 2.24) is 4.98 Å². The molecule has 0 saturated carbocycles. The van der Waals surface area contributed by atoms with Crippen molar-refractivity contribution in [3.05, 3.63) is 35.3 Å². The Morgan fingerprint density at radius 1 is 1.16 bits per heavy atom. The van der Waals surface area contributed by atoms with E-state index in [2.05, 4.69) is 4.98 Å². The number of aryl methyl sites for hydroxylation is 1. The molecule has 0 bridgehead atoms. The van der Waals surface area contributed by atoms with Gasteiger partial charge in [-0.1, -0.05) is 5.98 Å². The Labute approximate surface area is 114 Å². The van der Waals surface area contributed by atoms with Crippen LogP contribution >= 0.6 is 0 Å². The van der Waals surface area contributed by atoms with E-state index in [1.165, 1.54) is 12.1 Å². The average Bonchev–Trinajstić information content (AvgIpc) is 2.43. The maximum Gasteiger partial charge on any atom is 0.487 e. The van der Waals surface area contributed by atoms with Crippen molar-refractivity contribution in [1.29, 1.82) is 0 Å². The molecule has 0 spiro atoms. The van der Waals surface area contributed by atoms with Gasteiger partial charge in [-0.25, -0.2) is 4.39 Å². The van der Waals surface area contributed by atoms with Gasteiger partial charge in [0.05, 0.1) is 16.9 Å². The van der Waals surface area contributed by atoms with Crippen LogP contribution in [0.4, 0.5) is 4.39 Å². The molecule has 1 aromatic heterocycles. The van der Waals surface area contributed by atoms with Crippen LogP contribution in [0.5, 0.6) is 0 Å². The van der Waals surface area contributed by atoms with Crippen LogP contribution in [0.3, 0.4) is 0 Å². The summed E-state index contributed by atoms with van der Waals surface area (Å²) in [5.41, 5.74) is 0.474. The van der Waals surface area contributed by atoms with Gasteiger partial charge in [0.1, 0.15) is 5.82 Å². The number of nitrogens with zero attached hydrogens (tertiary/aromatic N) is 1. The monoisotopic (exact) mass is 263 g/mol. The van der Waals surface area contributed by atoms with E-state index in [9.17, 15) is 4.39 Å². The molecule has 0 unspecified atom stereocenters. The summed E-state index contributed by atoms with van der Waals surface area (Å²) in [4.78, 5) is 4.23. The fourth-order valence-corrected chi connectivity index (χ4v) is 1.88. The maximum absolute atomic E-state index is 13.2. The van der Waals surface area contributed by atoms with Gasteiger partial charge in [0.15, 0.2) is 0 Å². The highest BCUT2D eigenvalue weighted by Crippen LogP contribution is 2.36. The first-order chi connectivity index (χ1) is 8.69. The zero-order valence-electron chi connectivity index (χ0n) is 12.0. The molecule has 1 fully saturated rings. The molecule has 0 aliphatic carbocycles. The molecule has 0 atom stereocenters. The van der Waals surface area contributed by atoms with Crippen LogP contribution in [-0.4, -0.2) is 23.3 Å².